The summed E-state index contributed by atoms with van der Waals surface area (Å²) in [5.74, 6) is -0.283. The van der Waals surface area contributed by atoms with Gasteiger partial charge in [-0.15, -0.1) is 0 Å². The molecule has 0 radical (unpaired) electrons. The Morgan fingerprint density at radius 3 is 2.39 bits per heavy atom. The molecular weight excluding hydrogens is 412 g/mol. The van der Waals surface area contributed by atoms with E-state index in [-0.39, 0.29) is 17.7 Å². The van der Waals surface area contributed by atoms with Crippen molar-refractivity contribution in [1.29, 1.82) is 10.5 Å². The molecule has 3 aromatic rings. The second-order valence-corrected chi connectivity index (χ2v) is 7.90. The van der Waals surface area contributed by atoms with Gasteiger partial charge in [0.15, 0.2) is 10.5 Å². The van der Waals surface area contributed by atoms with Crippen molar-refractivity contribution in [3.63, 3.8) is 0 Å². The molecule has 0 N–H and O–H groups in total. The van der Waals surface area contributed by atoms with Crippen LogP contribution in [-0.2, 0) is 16.6 Å². The van der Waals surface area contributed by atoms with Crippen molar-refractivity contribution >= 4 is 39.7 Å². The maximum atomic E-state index is 12.8. The molecular formula is C22H16N6O2S. The molecule has 2 aromatic heterocycles. The zero-order valence-corrected chi connectivity index (χ0v) is 17.8. The number of thiazole rings is 1. The number of nitrogens with zero attached hydrogens (tertiary/aromatic N) is 6. The highest BCUT2D eigenvalue weighted by Gasteiger charge is 2.34. The molecule has 1 aliphatic heterocycles. The average molecular weight is 428 g/mol. The number of rotatable bonds is 3. The third-order valence-electron chi connectivity index (χ3n) is 5.13. The zero-order chi connectivity index (χ0) is 22.3. The van der Waals surface area contributed by atoms with E-state index in [1.165, 1.54) is 11.3 Å². The number of aryl methyl sites for hydroxylation is 1. The highest BCUT2D eigenvalue weighted by atomic mass is 32.1. The third kappa shape index (κ3) is 3.21. The summed E-state index contributed by atoms with van der Waals surface area (Å²) in [4.78, 5) is 36.1. The van der Waals surface area contributed by atoms with E-state index in [1.54, 1.807) is 32.1 Å². The molecule has 31 heavy (non-hydrogen) atoms. The van der Waals surface area contributed by atoms with Crippen molar-refractivity contribution in [3.8, 4) is 23.5 Å². The Kier molecular flexibility index (Phi) is 4.97. The van der Waals surface area contributed by atoms with E-state index in [1.807, 2.05) is 29.8 Å². The number of fused-ring (bicyclic) bond motifs is 1. The van der Waals surface area contributed by atoms with Crippen LogP contribution in [0, 0.1) is 22.7 Å². The Balaban J connectivity index is 1.77. The van der Waals surface area contributed by atoms with Crippen molar-refractivity contribution in [2.75, 3.05) is 6.54 Å². The van der Waals surface area contributed by atoms with Crippen LogP contribution in [0.5, 0.6) is 0 Å². The molecule has 0 spiro atoms. The van der Waals surface area contributed by atoms with Gasteiger partial charge in [-0.05, 0) is 49.8 Å². The number of hydrogen-bond acceptors (Lipinski definition) is 7. The van der Waals surface area contributed by atoms with Gasteiger partial charge in [-0.2, -0.15) is 10.5 Å². The average Bonchev–Trinajstić information content (AvgIpc) is 3.30. The van der Waals surface area contributed by atoms with E-state index < -0.39 is 11.8 Å². The van der Waals surface area contributed by atoms with Crippen LogP contribution in [0.25, 0.3) is 27.9 Å². The highest BCUT2D eigenvalue weighted by molar-refractivity contribution is 7.18. The van der Waals surface area contributed by atoms with Crippen LogP contribution in [0.4, 0.5) is 0 Å². The SMILES string of the molecule is CCN1C(=O)C(C#N)=C(C)/C(=C/c2nc3c(nc(-c4ccc(C#N)cc4)n3C)s2)C1=O. The number of nitriles is 2. The molecule has 9 heteroatoms. The van der Waals surface area contributed by atoms with E-state index >= 15 is 0 Å². The van der Waals surface area contributed by atoms with E-state index in [4.69, 9.17) is 5.26 Å². The minimum atomic E-state index is -0.567. The van der Waals surface area contributed by atoms with Crippen LogP contribution in [-0.4, -0.2) is 37.8 Å². The molecule has 0 aliphatic carbocycles. The van der Waals surface area contributed by atoms with Crippen molar-refractivity contribution < 1.29 is 9.59 Å². The minimum absolute atomic E-state index is 0.0324. The van der Waals surface area contributed by atoms with Gasteiger partial charge < -0.3 is 4.57 Å². The molecule has 0 saturated carbocycles. The van der Waals surface area contributed by atoms with E-state index in [0.29, 0.717) is 26.6 Å². The summed E-state index contributed by atoms with van der Waals surface area (Å²) in [5.41, 5.74) is 2.70. The topological polar surface area (TPSA) is 116 Å². The lowest BCUT2D eigenvalue weighted by atomic mass is 9.95. The van der Waals surface area contributed by atoms with Gasteiger partial charge in [0.2, 0.25) is 0 Å². The fraction of sp³-hybridized carbons (Fsp3) is 0.182. The number of likely N-dealkylation sites (N-methyl/N-ethyl adjacent to an activating group) is 1. The van der Waals surface area contributed by atoms with Gasteiger partial charge in [0.05, 0.1) is 11.6 Å². The molecule has 152 valence electrons. The molecule has 2 amide bonds. The number of amides is 2. The normalized spacial score (nSPS) is 15.6. The number of benzene rings is 1. The summed E-state index contributed by atoms with van der Waals surface area (Å²) < 4.78 is 1.85. The van der Waals surface area contributed by atoms with E-state index in [9.17, 15) is 14.9 Å². The maximum absolute atomic E-state index is 12.8. The molecule has 8 nitrogen and oxygen atoms in total. The van der Waals surface area contributed by atoms with E-state index in [2.05, 4.69) is 16.0 Å². The van der Waals surface area contributed by atoms with Gasteiger partial charge in [-0.25, -0.2) is 9.97 Å². The minimum Gasteiger partial charge on any atom is -0.311 e. The molecule has 0 unspecified atom stereocenters. The van der Waals surface area contributed by atoms with Gasteiger partial charge in [-0.1, -0.05) is 11.3 Å². The number of carbonyl (C=O) groups excluding carboxylic acids is 2. The highest BCUT2D eigenvalue weighted by Crippen LogP contribution is 2.31. The number of imidazole rings is 1. The van der Waals surface area contributed by atoms with Crippen molar-refractivity contribution in [2.45, 2.75) is 13.8 Å². The lowest BCUT2D eigenvalue weighted by molar-refractivity contribution is -0.140. The molecule has 1 aromatic carbocycles. The summed E-state index contributed by atoms with van der Waals surface area (Å²) in [7, 11) is 1.85. The Bertz CT molecular complexity index is 1390. The lowest BCUT2D eigenvalue weighted by Crippen LogP contribution is -2.42. The van der Waals surface area contributed by atoms with Crippen molar-refractivity contribution in [1.82, 2.24) is 19.4 Å². The molecule has 0 saturated heterocycles. The monoisotopic (exact) mass is 428 g/mol. The predicted molar refractivity (Wildman–Crippen MR) is 115 cm³/mol. The van der Waals surface area contributed by atoms with Gasteiger partial charge in [-0.3, -0.25) is 14.5 Å². The Morgan fingerprint density at radius 2 is 1.81 bits per heavy atom. The first-order valence-corrected chi connectivity index (χ1v) is 10.2. The maximum Gasteiger partial charge on any atom is 0.271 e. The Morgan fingerprint density at radius 1 is 1.10 bits per heavy atom. The molecule has 1 aliphatic rings. The second kappa shape index (κ2) is 7.63. The lowest BCUT2D eigenvalue weighted by Gasteiger charge is -2.25. The largest absolute Gasteiger partial charge is 0.311 e. The smallest absolute Gasteiger partial charge is 0.271 e. The van der Waals surface area contributed by atoms with Crippen LogP contribution >= 0.6 is 11.3 Å². The summed E-state index contributed by atoms with van der Waals surface area (Å²) in [6.45, 7) is 3.47. The molecule has 0 bridgehead atoms. The van der Waals surface area contributed by atoms with Crippen LogP contribution in [0.15, 0.2) is 41.0 Å². The predicted octanol–water partition coefficient (Wildman–Crippen LogP) is 3.18. The third-order valence-corrected chi connectivity index (χ3v) is 6.02. The number of imide groups is 1. The number of carbonyl (C=O) groups is 2. The van der Waals surface area contributed by atoms with Gasteiger partial charge in [0.1, 0.15) is 22.5 Å². The summed E-state index contributed by atoms with van der Waals surface area (Å²) in [6, 6.07) is 11.1. The quantitative estimate of drug-likeness (QED) is 0.467. The van der Waals surface area contributed by atoms with Crippen LogP contribution in [0.2, 0.25) is 0 Å². The van der Waals surface area contributed by atoms with Crippen LogP contribution in [0.3, 0.4) is 0 Å². The first kappa shape index (κ1) is 20.2. The summed E-state index contributed by atoms with van der Waals surface area (Å²) >= 11 is 1.32. The van der Waals surface area contributed by atoms with Crippen LogP contribution in [0.1, 0.15) is 24.4 Å². The fourth-order valence-electron chi connectivity index (χ4n) is 3.44. The van der Waals surface area contributed by atoms with Crippen LogP contribution < -0.4 is 0 Å². The zero-order valence-electron chi connectivity index (χ0n) is 17.0. The first-order chi connectivity index (χ1) is 14.9. The Hall–Kier alpha value is -4.08. The first-order valence-electron chi connectivity index (χ1n) is 9.42. The summed E-state index contributed by atoms with van der Waals surface area (Å²) in [6.07, 6.45) is 1.61. The number of hydrogen-bond donors (Lipinski definition) is 0. The Labute approximate surface area is 182 Å². The van der Waals surface area contributed by atoms with Gasteiger partial charge >= 0.3 is 0 Å². The number of aromatic nitrogens is 3. The second-order valence-electron chi connectivity index (χ2n) is 6.89. The molecule has 0 atom stereocenters. The fourth-order valence-corrected chi connectivity index (χ4v) is 4.35. The molecule has 0 fully saturated rings. The van der Waals surface area contributed by atoms with E-state index in [0.717, 1.165) is 16.3 Å². The van der Waals surface area contributed by atoms with Gasteiger partial charge in [0.25, 0.3) is 11.8 Å². The summed E-state index contributed by atoms with van der Waals surface area (Å²) in [5, 5.41) is 18.9. The van der Waals surface area contributed by atoms with Crippen molar-refractivity contribution in [2.24, 2.45) is 7.05 Å². The molecule has 3 heterocycles. The van der Waals surface area contributed by atoms with Crippen molar-refractivity contribution in [3.05, 3.63) is 51.6 Å². The molecule has 4 rings (SSSR count). The standard InChI is InChI=1S/C22H16N6O2S/c1-4-28-21(29)15(12(2)16(11-24)22(28)30)9-17-25-19-20(31-17)26-18(27(19)3)14-7-5-13(10-23)6-8-14/h5-9H,4H2,1-3H3/b15-9-. The van der Waals surface area contributed by atoms with Gasteiger partial charge in [0, 0.05) is 24.7 Å².